The van der Waals surface area contributed by atoms with Crippen molar-refractivity contribution in [1.29, 1.82) is 0 Å². The first-order chi connectivity index (χ1) is 15.4. The molecule has 0 unspecified atom stereocenters. The summed E-state index contributed by atoms with van der Waals surface area (Å²) >= 11 is 5.95. The quantitative estimate of drug-likeness (QED) is 0.532. The molecule has 2 aliphatic rings. The van der Waals surface area contributed by atoms with Crippen molar-refractivity contribution < 1.29 is 9.59 Å². The lowest BCUT2D eigenvalue weighted by atomic mass is 9.79. The van der Waals surface area contributed by atoms with Crippen LogP contribution in [0.2, 0.25) is 5.02 Å². The van der Waals surface area contributed by atoms with Gasteiger partial charge < -0.3 is 21.2 Å². The maximum Gasteiger partial charge on any atom is 0.254 e. The van der Waals surface area contributed by atoms with Crippen molar-refractivity contribution in [3.05, 3.63) is 58.0 Å². The Hall–Kier alpha value is -2.89. The van der Waals surface area contributed by atoms with Crippen LogP contribution in [0, 0.1) is 12.5 Å². The van der Waals surface area contributed by atoms with E-state index in [9.17, 15) is 9.59 Å². The Morgan fingerprint density at radius 2 is 1.91 bits per heavy atom. The SMILES string of the molecule is [C-]#[N+]CC1(n2cc(C(N)=O)c(NC(=O)C3CC3)n2)CCC(NCc2ccc(Cl)cc2)CC1. The number of nitrogens with two attached hydrogens (primary N) is 1. The minimum absolute atomic E-state index is 0.0137. The summed E-state index contributed by atoms with van der Waals surface area (Å²) in [4.78, 5) is 27.9. The van der Waals surface area contributed by atoms with Gasteiger partial charge in [-0.3, -0.25) is 14.3 Å². The molecule has 1 heterocycles. The van der Waals surface area contributed by atoms with Gasteiger partial charge in [0, 0.05) is 29.7 Å². The van der Waals surface area contributed by atoms with Crippen molar-refractivity contribution in [3.63, 3.8) is 0 Å². The van der Waals surface area contributed by atoms with Crippen LogP contribution < -0.4 is 16.4 Å². The number of halogens is 1. The van der Waals surface area contributed by atoms with Crippen LogP contribution >= 0.6 is 11.6 Å². The van der Waals surface area contributed by atoms with Gasteiger partial charge >= 0.3 is 0 Å². The van der Waals surface area contributed by atoms with Gasteiger partial charge in [-0.25, -0.2) is 6.57 Å². The van der Waals surface area contributed by atoms with Crippen LogP contribution in [0.5, 0.6) is 0 Å². The highest BCUT2D eigenvalue weighted by Crippen LogP contribution is 2.37. The van der Waals surface area contributed by atoms with E-state index in [1.807, 2.05) is 24.3 Å². The van der Waals surface area contributed by atoms with Gasteiger partial charge in [-0.2, -0.15) is 5.10 Å². The van der Waals surface area contributed by atoms with Gasteiger partial charge in [-0.05, 0) is 56.2 Å². The second-order valence-electron chi connectivity index (χ2n) is 8.79. The number of amides is 2. The molecule has 32 heavy (non-hydrogen) atoms. The molecule has 0 bridgehead atoms. The van der Waals surface area contributed by atoms with Crippen molar-refractivity contribution >= 4 is 29.2 Å². The molecule has 0 spiro atoms. The number of hydrogen-bond donors (Lipinski definition) is 3. The molecule has 2 fully saturated rings. The maximum absolute atomic E-state index is 12.2. The number of carbonyl (C=O) groups excluding carboxylic acids is 2. The average molecular weight is 455 g/mol. The minimum Gasteiger partial charge on any atom is -0.365 e. The summed E-state index contributed by atoms with van der Waals surface area (Å²) in [6, 6.07) is 8.11. The molecule has 2 amide bonds. The van der Waals surface area contributed by atoms with Crippen LogP contribution in [0.15, 0.2) is 30.5 Å². The van der Waals surface area contributed by atoms with E-state index in [1.165, 1.54) is 5.56 Å². The van der Waals surface area contributed by atoms with E-state index in [0.717, 1.165) is 50.1 Å². The third-order valence-electron chi connectivity index (χ3n) is 6.45. The summed E-state index contributed by atoms with van der Waals surface area (Å²) in [7, 11) is 0. The summed E-state index contributed by atoms with van der Waals surface area (Å²) in [6.45, 7) is 8.50. The molecule has 2 saturated carbocycles. The Bertz CT molecular complexity index is 1030. The second kappa shape index (κ2) is 9.31. The molecule has 4 rings (SSSR count). The molecule has 0 atom stereocenters. The molecule has 0 radical (unpaired) electrons. The van der Waals surface area contributed by atoms with Gasteiger partial charge in [-0.1, -0.05) is 23.7 Å². The molecule has 2 aliphatic carbocycles. The highest BCUT2D eigenvalue weighted by atomic mass is 35.5. The zero-order valence-electron chi connectivity index (χ0n) is 17.8. The number of nitrogens with zero attached hydrogens (tertiary/aromatic N) is 3. The van der Waals surface area contributed by atoms with Crippen LogP contribution in [0.3, 0.4) is 0 Å². The van der Waals surface area contributed by atoms with Crippen LogP contribution in [0.1, 0.15) is 54.4 Å². The predicted octanol–water partition coefficient (Wildman–Crippen LogP) is 3.33. The zero-order valence-corrected chi connectivity index (χ0v) is 18.6. The summed E-state index contributed by atoms with van der Waals surface area (Å²) < 4.78 is 1.70. The smallest absolute Gasteiger partial charge is 0.254 e. The van der Waals surface area contributed by atoms with Crippen molar-refractivity contribution in [2.45, 2.75) is 56.7 Å². The van der Waals surface area contributed by atoms with Crippen molar-refractivity contribution in [3.8, 4) is 0 Å². The van der Waals surface area contributed by atoms with Crippen LogP contribution in [-0.4, -0.2) is 34.2 Å². The molecular weight excluding hydrogens is 428 g/mol. The third-order valence-corrected chi connectivity index (χ3v) is 6.71. The number of carbonyl (C=O) groups is 2. The number of benzene rings is 1. The van der Waals surface area contributed by atoms with Crippen LogP contribution in [0.4, 0.5) is 5.82 Å². The van der Waals surface area contributed by atoms with Crippen molar-refractivity contribution in [2.75, 3.05) is 11.9 Å². The number of nitrogens with one attached hydrogen (secondary N) is 2. The Morgan fingerprint density at radius 1 is 1.22 bits per heavy atom. The van der Waals surface area contributed by atoms with Gasteiger partial charge in [0.15, 0.2) is 5.82 Å². The Kier molecular flexibility index (Phi) is 6.49. The van der Waals surface area contributed by atoms with Crippen molar-refractivity contribution in [2.24, 2.45) is 11.7 Å². The lowest BCUT2D eigenvalue weighted by Gasteiger charge is -2.37. The standard InChI is InChI=1S/C23H27ClN6O2/c1-26-14-23(10-8-18(9-11-23)27-12-15-2-6-17(24)7-3-15)30-13-19(20(25)31)21(29-30)28-22(32)16-4-5-16/h2-3,6-7,13,16,18,27H,4-5,8-12,14H2,(H2,25,31)(H,28,29,32). The lowest BCUT2D eigenvalue weighted by molar-refractivity contribution is -0.117. The maximum atomic E-state index is 12.2. The Labute approximate surface area is 192 Å². The monoisotopic (exact) mass is 454 g/mol. The zero-order chi connectivity index (χ0) is 22.7. The molecule has 0 aliphatic heterocycles. The summed E-state index contributed by atoms with van der Waals surface area (Å²) in [5, 5.41) is 11.6. The molecule has 1 aromatic heterocycles. The highest BCUT2D eigenvalue weighted by Gasteiger charge is 2.42. The second-order valence-corrected chi connectivity index (χ2v) is 9.22. The highest BCUT2D eigenvalue weighted by molar-refractivity contribution is 6.30. The van der Waals surface area contributed by atoms with Crippen molar-refractivity contribution in [1.82, 2.24) is 15.1 Å². The average Bonchev–Trinajstić information content (AvgIpc) is 3.54. The molecule has 9 heteroatoms. The van der Waals surface area contributed by atoms with E-state index >= 15 is 0 Å². The first kappa shape index (κ1) is 22.3. The predicted molar refractivity (Wildman–Crippen MR) is 122 cm³/mol. The first-order valence-corrected chi connectivity index (χ1v) is 11.3. The van der Waals surface area contributed by atoms with Gasteiger partial charge in [0.25, 0.3) is 5.91 Å². The Morgan fingerprint density at radius 3 is 2.50 bits per heavy atom. The van der Waals surface area contributed by atoms with E-state index in [0.29, 0.717) is 6.04 Å². The van der Waals surface area contributed by atoms with Crippen LogP contribution in [0.25, 0.3) is 4.85 Å². The van der Waals surface area contributed by atoms with E-state index in [-0.39, 0.29) is 29.8 Å². The minimum atomic E-state index is -0.640. The van der Waals surface area contributed by atoms with E-state index in [4.69, 9.17) is 23.9 Å². The number of anilines is 1. The van der Waals surface area contributed by atoms with E-state index < -0.39 is 11.4 Å². The molecule has 4 N–H and O–H groups in total. The fraction of sp³-hybridized carbons (Fsp3) is 0.478. The molecular formula is C23H27ClN6O2. The molecule has 2 aromatic rings. The summed E-state index contributed by atoms with van der Waals surface area (Å²) in [6.07, 6.45) is 6.52. The number of aromatic nitrogens is 2. The Balaban J connectivity index is 1.46. The molecule has 168 valence electrons. The summed E-state index contributed by atoms with van der Waals surface area (Å²) in [5.74, 6) is -0.590. The number of rotatable bonds is 8. The van der Waals surface area contributed by atoms with Gasteiger partial charge in [0.1, 0.15) is 11.1 Å². The van der Waals surface area contributed by atoms with E-state index in [2.05, 4.69) is 20.6 Å². The molecule has 0 saturated heterocycles. The first-order valence-electron chi connectivity index (χ1n) is 10.9. The topological polar surface area (TPSA) is 106 Å². The lowest BCUT2D eigenvalue weighted by Crippen LogP contribution is -2.45. The largest absolute Gasteiger partial charge is 0.365 e. The fourth-order valence-electron chi connectivity index (χ4n) is 4.28. The van der Waals surface area contributed by atoms with Crippen LogP contribution in [-0.2, 0) is 16.9 Å². The molecule has 1 aromatic carbocycles. The number of primary amides is 1. The fourth-order valence-corrected chi connectivity index (χ4v) is 4.41. The van der Waals surface area contributed by atoms with Gasteiger partial charge in [0.2, 0.25) is 12.5 Å². The number of hydrogen-bond acceptors (Lipinski definition) is 4. The van der Waals surface area contributed by atoms with Gasteiger partial charge in [0.05, 0.1) is 0 Å². The molecule has 8 nitrogen and oxygen atoms in total. The third kappa shape index (κ3) is 4.95. The van der Waals surface area contributed by atoms with E-state index in [1.54, 1.807) is 10.9 Å². The van der Waals surface area contributed by atoms with Gasteiger partial charge in [-0.15, -0.1) is 0 Å². The normalized spacial score (nSPS) is 22.8. The summed E-state index contributed by atoms with van der Waals surface area (Å²) in [5.41, 5.74) is 6.38.